The van der Waals surface area contributed by atoms with Crippen LogP contribution in [0.1, 0.15) is 40.4 Å². The first kappa shape index (κ1) is 13.2. The Kier molecular flexibility index (Phi) is 3.73. The van der Waals surface area contributed by atoms with Gasteiger partial charge in [-0.25, -0.2) is 4.39 Å². The summed E-state index contributed by atoms with van der Waals surface area (Å²) in [5.74, 6) is -0.114. The van der Waals surface area contributed by atoms with Crippen LogP contribution in [0.2, 0.25) is 0 Å². The van der Waals surface area contributed by atoms with E-state index in [1.54, 1.807) is 6.07 Å². The molecule has 2 atom stereocenters. The number of hydrogen-bond acceptors (Lipinski definition) is 4. The highest BCUT2D eigenvalue weighted by atomic mass is 32.1. The van der Waals surface area contributed by atoms with Gasteiger partial charge in [-0.05, 0) is 48.3 Å². The van der Waals surface area contributed by atoms with Gasteiger partial charge in [0, 0.05) is 6.04 Å². The predicted octanol–water partition coefficient (Wildman–Crippen LogP) is 2.74. The van der Waals surface area contributed by atoms with E-state index in [0.717, 1.165) is 36.4 Å². The number of nitrogens with one attached hydrogen (secondary N) is 1. The van der Waals surface area contributed by atoms with Gasteiger partial charge in [0.2, 0.25) is 0 Å². The minimum absolute atomic E-state index is 0.0919. The van der Waals surface area contributed by atoms with Crippen molar-refractivity contribution < 1.29 is 9.18 Å². The largest absolute Gasteiger partial charge is 0.348 e. The Balaban J connectivity index is 1.63. The molecule has 1 amide bonds. The van der Waals surface area contributed by atoms with Crippen molar-refractivity contribution in [2.45, 2.75) is 31.2 Å². The Morgan fingerprint density at radius 2 is 2.20 bits per heavy atom. The third kappa shape index (κ3) is 2.70. The number of benzene rings is 1. The summed E-state index contributed by atoms with van der Waals surface area (Å²) in [5.41, 5.74) is 0.753. The molecule has 1 heterocycles. The topological polar surface area (TPSA) is 54.9 Å². The highest BCUT2D eigenvalue weighted by Gasteiger charge is 2.29. The molecule has 3 rings (SSSR count). The van der Waals surface area contributed by atoms with E-state index >= 15 is 0 Å². The number of amides is 1. The zero-order valence-corrected chi connectivity index (χ0v) is 11.6. The Bertz CT molecular complexity index is 602. The smallest absolute Gasteiger partial charge is 0.264 e. The van der Waals surface area contributed by atoms with Crippen molar-refractivity contribution >= 4 is 17.4 Å². The molecule has 0 radical (unpaired) electrons. The maximum atomic E-state index is 13.8. The number of nitrogens with zero attached hydrogens (tertiary/aromatic N) is 2. The second-order valence-corrected chi connectivity index (χ2v) is 5.77. The molecule has 2 aromatic rings. The summed E-state index contributed by atoms with van der Waals surface area (Å²) in [4.78, 5) is 12.4. The van der Waals surface area contributed by atoms with Crippen molar-refractivity contribution in [2.75, 3.05) is 0 Å². The lowest BCUT2D eigenvalue weighted by Gasteiger charge is -2.13. The fourth-order valence-corrected chi connectivity index (χ4v) is 3.14. The second-order valence-electron chi connectivity index (χ2n) is 4.98. The maximum absolute atomic E-state index is 13.8. The highest BCUT2D eigenvalue weighted by Crippen LogP contribution is 2.35. The Labute approximate surface area is 120 Å². The summed E-state index contributed by atoms with van der Waals surface area (Å²) in [6.45, 7) is 0. The lowest BCUT2D eigenvalue weighted by atomic mass is 9.97. The quantitative estimate of drug-likeness (QED) is 0.946. The average Bonchev–Trinajstić information content (AvgIpc) is 3.10. The van der Waals surface area contributed by atoms with Crippen LogP contribution in [0.3, 0.4) is 0 Å². The van der Waals surface area contributed by atoms with Crippen molar-refractivity contribution in [1.29, 1.82) is 0 Å². The number of aromatic nitrogens is 2. The molecule has 1 aliphatic rings. The number of hydrogen-bond donors (Lipinski definition) is 1. The van der Waals surface area contributed by atoms with Crippen molar-refractivity contribution in [1.82, 2.24) is 14.9 Å². The van der Waals surface area contributed by atoms with E-state index in [2.05, 4.69) is 14.9 Å². The Morgan fingerprint density at radius 3 is 2.95 bits per heavy atom. The molecule has 1 aromatic heterocycles. The third-order valence-corrected chi connectivity index (χ3v) is 4.36. The zero-order chi connectivity index (χ0) is 13.9. The van der Waals surface area contributed by atoms with E-state index in [1.807, 2.05) is 12.1 Å². The lowest BCUT2D eigenvalue weighted by Crippen LogP contribution is -2.32. The van der Waals surface area contributed by atoms with Crippen LogP contribution in [0.15, 0.2) is 30.5 Å². The molecule has 0 saturated heterocycles. The number of carbonyl (C=O) groups is 1. The summed E-state index contributed by atoms with van der Waals surface area (Å²) < 4.78 is 17.4. The van der Waals surface area contributed by atoms with Gasteiger partial charge in [-0.3, -0.25) is 4.79 Å². The Morgan fingerprint density at radius 1 is 1.35 bits per heavy atom. The van der Waals surface area contributed by atoms with E-state index in [1.165, 1.54) is 12.3 Å². The molecular formula is C14H14FN3OS. The molecule has 6 heteroatoms. The van der Waals surface area contributed by atoms with Gasteiger partial charge in [0.15, 0.2) is 0 Å². The van der Waals surface area contributed by atoms with Crippen LogP contribution in [0.25, 0.3) is 0 Å². The van der Waals surface area contributed by atoms with E-state index < -0.39 is 0 Å². The van der Waals surface area contributed by atoms with Crippen molar-refractivity contribution in [3.05, 3.63) is 46.7 Å². The van der Waals surface area contributed by atoms with E-state index in [9.17, 15) is 9.18 Å². The summed E-state index contributed by atoms with van der Waals surface area (Å²) in [6, 6.07) is 6.97. The first-order valence-electron chi connectivity index (χ1n) is 6.56. The van der Waals surface area contributed by atoms with Crippen molar-refractivity contribution in [3.8, 4) is 0 Å². The molecule has 1 fully saturated rings. The number of rotatable bonds is 3. The molecule has 2 unspecified atom stereocenters. The molecule has 1 saturated carbocycles. The first-order chi connectivity index (χ1) is 9.74. The minimum atomic E-state index is -0.156. The van der Waals surface area contributed by atoms with Gasteiger partial charge in [-0.15, -0.1) is 5.10 Å². The van der Waals surface area contributed by atoms with Crippen molar-refractivity contribution in [3.63, 3.8) is 0 Å². The molecule has 1 N–H and O–H groups in total. The standard InChI is InChI=1S/C14H14FN3OS/c15-12-4-2-1-3-11(12)9-5-6-10(7-9)17-14(19)13-8-16-18-20-13/h1-4,8-10H,5-7H2,(H,17,19). The first-order valence-corrected chi connectivity index (χ1v) is 7.34. The second kappa shape index (κ2) is 5.66. The summed E-state index contributed by atoms with van der Waals surface area (Å²) in [5, 5.41) is 6.62. The SMILES string of the molecule is O=C(NC1CCC(c2ccccc2F)C1)c1cnns1. The number of carbonyl (C=O) groups excluding carboxylic acids is 1. The molecular weight excluding hydrogens is 277 g/mol. The van der Waals surface area contributed by atoms with Crippen LogP contribution >= 0.6 is 11.5 Å². The van der Waals surface area contributed by atoms with Gasteiger partial charge in [-0.2, -0.15) is 0 Å². The molecule has 1 aliphatic carbocycles. The summed E-state index contributed by atoms with van der Waals surface area (Å²) in [6.07, 6.45) is 4.01. The fraction of sp³-hybridized carbons (Fsp3) is 0.357. The molecule has 1 aromatic carbocycles. The van der Waals surface area contributed by atoms with Gasteiger partial charge in [0.25, 0.3) is 5.91 Å². The third-order valence-electron chi connectivity index (χ3n) is 3.70. The summed E-state index contributed by atoms with van der Waals surface area (Å²) in [7, 11) is 0. The molecule has 20 heavy (non-hydrogen) atoms. The average molecular weight is 291 g/mol. The Hall–Kier alpha value is -1.82. The fourth-order valence-electron chi connectivity index (χ4n) is 2.72. The maximum Gasteiger partial charge on any atom is 0.264 e. The molecule has 4 nitrogen and oxygen atoms in total. The zero-order valence-electron chi connectivity index (χ0n) is 10.8. The molecule has 0 spiro atoms. The van der Waals surface area contributed by atoms with Crippen LogP contribution in [-0.2, 0) is 0 Å². The van der Waals surface area contributed by atoms with E-state index in [0.29, 0.717) is 4.88 Å². The van der Waals surface area contributed by atoms with E-state index in [4.69, 9.17) is 0 Å². The highest BCUT2D eigenvalue weighted by molar-refractivity contribution is 7.07. The summed E-state index contributed by atoms with van der Waals surface area (Å²) >= 11 is 1.08. The van der Waals surface area contributed by atoms with Crippen LogP contribution in [-0.4, -0.2) is 21.5 Å². The van der Waals surface area contributed by atoms with Gasteiger partial charge < -0.3 is 5.32 Å². The van der Waals surface area contributed by atoms with Crippen LogP contribution in [0, 0.1) is 5.82 Å². The van der Waals surface area contributed by atoms with Crippen LogP contribution < -0.4 is 5.32 Å². The molecule has 0 aliphatic heterocycles. The van der Waals surface area contributed by atoms with Gasteiger partial charge >= 0.3 is 0 Å². The monoisotopic (exact) mass is 291 g/mol. The van der Waals surface area contributed by atoms with Gasteiger partial charge in [0.05, 0.1) is 6.20 Å². The van der Waals surface area contributed by atoms with Gasteiger partial charge in [0.1, 0.15) is 10.7 Å². The normalized spacial score (nSPS) is 21.9. The number of halogens is 1. The van der Waals surface area contributed by atoms with E-state index in [-0.39, 0.29) is 23.7 Å². The molecule has 104 valence electrons. The molecule has 0 bridgehead atoms. The van der Waals surface area contributed by atoms with Crippen molar-refractivity contribution in [2.24, 2.45) is 0 Å². The minimum Gasteiger partial charge on any atom is -0.348 e. The van der Waals surface area contributed by atoms with Crippen LogP contribution in [0.5, 0.6) is 0 Å². The van der Waals surface area contributed by atoms with Crippen LogP contribution in [0.4, 0.5) is 4.39 Å². The predicted molar refractivity (Wildman–Crippen MR) is 74.2 cm³/mol. The lowest BCUT2D eigenvalue weighted by molar-refractivity contribution is 0.0941. The van der Waals surface area contributed by atoms with Gasteiger partial charge in [-0.1, -0.05) is 22.7 Å².